The van der Waals surface area contributed by atoms with E-state index in [-0.39, 0.29) is 11.7 Å². The lowest BCUT2D eigenvalue weighted by Gasteiger charge is -2.07. The predicted octanol–water partition coefficient (Wildman–Crippen LogP) is 1.97. The van der Waals surface area contributed by atoms with Gasteiger partial charge < -0.3 is 4.74 Å². The molecule has 1 heterocycles. The van der Waals surface area contributed by atoms with Crippen LogP contribution in [0.25, 0.3) is 0 Å². The van der Waals surface area contributed by atoms with E-state index in [0.29, 0.717) is 6.07 Å². The first-order valence-corrected chi connectivity index (χ1v) is 4.71. The number of ether oxygens (including phenoxy) is 1. The molecule has 0 saturated carbocycles. The molecule has 0 bridgehead atoms. The van der Waals surface area contributed by atoms with Gasteiger partial charge in [0.05, 0.1) is 6.20 Å². The monoisotopic (exact) mass is 256 g/mol. The van der Waals surface area contributed by atoms with Crippen molar-refractivity contribution < 1.29 is 17.9 Å². The second kappa shape index (κ2) is 4.88. The van der Waals surface area contributed by atoms with Crippen LogP contribution in [0.15, 0.2) is 24.4 Å². The number of halogens is 3. The molecule has 0 spiro atoms. The summed E-state index contributed by atoms with van der Waals surface area (Å²) < 4.78 is 44.0. The number of hydrogen-bond donors (Lipinski definition) is 2. The minimum atomic E-state index is -0.890. The van der Waals surface area contributed by atoms with Crippen molar-refractivity contribution in [3.8, 4) is 11.6 Å². The first kappa shape index (κ1) is 12.1. The summed E-state index contributed by atoms with van der Waals surface area (Å²) in [7, 11) is 0. The number of hydrazine groups is 1. The number of nitrogens with zero attached hydrogens (tertiary/aromatic N) is 2. The van der Waals surface area contributed by atoms with Crippen molar-refractivity contribution in [3.05, 3.63) is 41.8 Å². The summed E-state index contributed by atoms with van der Waals surface area (Å²) >= 11 is 0. The third-order valence-corrected chi connectivity index (χ3v) is 1.89. The van der Waals surface area contributed by atoms with Crippen molar-refractivity contribution >= 4 is 5.95 Å². The Bertz CT molecular complexity index is 559. The first-order chi connectivity index (χ1) is 8.58. The fourth-order valence-electron chi connectivity index (χ4n) is 1.19. The molecule has 0 radical (unpaired) electrons. The highest BCUT2D eigenvalue weighted by Gasteiger charge is 2.10. The van der Waals surface area contributed by atoms with Crippen LogP contribution in [-0.4, -0.2) is 9.97 Å². The SMILES string of the molecule is NNc1ncc(F)c(Oc2cc(F)cc(F)c2)n1. The van der Waals surface area contributed by atoms with Gasteiger partial charge in [-0.15, -0.1) is 0 Å². The van der Waals surface area contributed by atoms with E-state index in [0.717, 1.165) is 18.3 Å². The molecule has 0 aliphatic rings. The second-order valence-corrected chi connectivity index (χ2v) is 3.20. The smallest absolute Gasteiger partial charge is 0.260 e. The van der Waals surface area contributed by atoms with Crippen LogP contribution in [0, 0.1) is 17.5 Å². The van der Waals surface area contributed by atoms with Crippen molar-refractivity contribution in [2.24, 2.45) is 5.84 Å². The van der Waals surface area contributed by atoms with Crippen LogP contribution in [-0.2, 0) is 0 Å². The van der Waals surface area contributed by atoms with Crippen molar-refractivity contribution in [2.75, 3.05) is 5.43 Å². The lowest BCUT2D eigenvalue weighted by molar-refractivity contribution is 0.414. The molecule has 1 aromatic heterocycles. The Morgan fingerprint density at radius 2 is 1.78 bits per heavy atom. The zero-order valence-electron chi connectivity index (χ0n) is 8.82. The van der Waals surface area contributed by atoms with Crippen LogP contribution < -0.4 is 16.0 Å². The Morgan fingerprint density at radius 1 is 1.11 bits per heavy atom. The number of rotatable bonds is 3. The predicted molar refractivity (Wildman–Crippen MR) is 56.2 cm³/mol. The van der Waals surface area contributed by atoms with Gasteiger partial charge in [-0.25, -0.2) is 19.6 Å². The second-order valence-electron chi connectivity index (χ2n) is 3.20. The Labute approximate surface area is 99.4 Å². The molecule has 0 aliphatic heterocycles. The van der Waals surface area contributed by atoms with E-state index in [9.17, 15) is 13.2 Å². The fraction of sp³-hybridized carbons (Fsp3) is 0. The topological polar surface area (TPSA) is 73.1 Å². The van der Waals surface area contributed by atoms with E-state index in [1.165, 1.54) is 0 Å². The molecule has 0 amide bonds. The van der Waals surface area contributed by atoms with Crippen LogP contribution in [0.3, 0.4) is 0 Å². The molecule has 94 valence electrons. The summed E-state index contributed by atoms with van der Waals surface area (Å²) in [5, 5.41) is 0. The molecule has 0 fully saturated rings. The van der Waals surface area contributed by atoms with Gasteiger partial charge in [-0.1, -0.05) is 0 Å². The van der Waals surface area contributed by atoms with Gasteiger partial charge in [0.2, 0.25) is 11.8 Å². The van der Waals surface area contributed by atoms with Crippen molar-refractivity contribution in [3.63, 3.8) is 0 Å². The van der Waals surface area contributed by atoms with Gasteiger partial charge in [-0.2, -0.15) is 9.37 Å². The number of nitrogens with one attached hydrogen (secondary N) is 1. The summed E-state index contributed by atoms with van der Waals surface area (Å²) in [5.74, 6) is 1.63. The van der Waals surface area contributed by atoms with Gasteiger partial charge in [0.15, 0.2) is 0 Å². The molecule has 5 nitrogen and oxygen atoms in total. The number of nitrogens with two attached hydrogens (primary N) is 1. The molecule has 3 N–H and O–H groups in total. The zero-order chi connectivity index (χ0) is 13.1. The Balaban J connectivity index is 2.33. The Morgan fingerprint density at radius 3 is 2.39 bits per heavy atom. The molecule has 18 heavy (non-hydrogen) atoms. The van der Waals surface area contributed by atoms with Gasteiger partial charge in [-0.05, 0) is 0 Å². The Kier molecular flexibility index (Phi) is 3.28. The van der Waals surface area contributed by atoms with Crippen LogP contribution in [0.5, 0.6) is 11.6 Å². The molecule has 0 aliphatic carbocycles. The third kappa shape index (κ3) is 2.66. The number of hydrogen-bond acceptors (Lipinski definition) is 5. The standard InChI is InChI=1S/C10H7F3N4O/c11-5-1-6(12)3-7(2-5)18-9-8(13)4-15-10(16-9)17-14/h1-4H,14H2,(H,15,16,17). The summed E-state index contributed by atoms with van der Waals surface area (Å²) in [6.07, 6.45) is 0.813. The minimum absolute atomic E-state index is 0.0942. The van der Waals surface area contributed by atoms with Crippen LogP contribution >= 0.6 is 0 Å². The van der Waals surface area contributed by atoms with Gasteiger partial charge in [0.1, 0.15) is 17.4 Å². The number of benzene rings is 1. The maximum Gasteiger partial charge on any atom is 0.260 e. The molecule has 0 saturated heterocycles. The average molecular weight is 256 g/mol. The minimum Gasteiger partial charge on any atom is -0.436 e. The van der Waals surface area contributed by atoms with E-state index in [1.54, 1.807) is 0 Å². The number of aromatic nitrogens is 2. The highest BCUT2D eigenvalue weighted by Crippen LogP contribution is 2.24. The van der Waals surface area contributed by atoms with E-state index >= 15 is 0 Å². The average Bonchev–Trinajstić information content (AvgIpc) is 2.30. The summed E-state index contributed by atoms with van der Waals surface area (Å²) in [6, 6.07) is 2.44. The van der Waals surface area contributed by atoms with Gasteiger partial charge in [0.25, 0.3) is 5.88 Å². The van der Waals surface area contributed by atoms with Crippen LogP contribution in [0.4, 0.5) is 19.1 Å². The third-order valence-electron chi connectivity index (χ3n) is 1.89. The highest BCUT2D eigenvalue weighted by atomic mass is 19.1. The van der Waals surface area contributed by atoms with Crippen molar-refractivity contribution in [1.29, 1.82) is 0 Å². The lowest BCUT2D eigenvalue weighted by atomic mass is 10.3. The van der Waals surface area contributed by atoms with E-state index in [1.807, 2.05) is 0 Å². The van der Waals surface area contributed by atoms with Gasteiger partial charge in [-0.3, -0.25) is 5.43 Å². The normalized spacial score (nSPS) is 10.2. The van der Waals surface area contributed by atoms with E-state index < -0.39 is 23.3 Å². The lowest BCUT2D eigenvalue weighted by Crippen LogP contribution is -2.11. The molecule has 0 atom stereocenters. The summed E-state index contributed by atoms with van der Waals surface area (Å²) in [5.41, 5.74) is 2.09. The molecule has 2 rings (SSSR count). The van der Waals surface area contributed by atoms with Gasteiger partial charge in [0, 0.05) is 18.2 Å². The zero-order valence-corrected chi connectivity index (χ0v) is 8.82. The molecule has 8 heteroatoms. The molecular weight excluding hydrogens is 249 g/mol. The van der Waals surface area contributed by atoms with Gasteiger partial charge >= 0.3 is 0 Å². The maximum atomic E-state index is 13.3. The maximum absolute atomic E-state index is 13.3. The summed E-state index contributed by atoms with van der Waals surface area (Å²) in [4.78, 5) is 7.04. The number of nitrogen functional groups attached to an aromatic ring is 1. The van der Waals surface area contributed by atoms with Crippen molar-refractivity contribution in [1.82, 2.24) is 9.97 Å². The quantitative estimate of drug-likeness (QED) is 0.648. The van der Waals surface area contributed by atoms with E-state index in [4.69, 9.17) is 10.6 Å². The molecule has 1 aromatic carbocycles. The fourth-order valence-corrected chi connectivity index (χ4v) is 1.19. The first-order valence-electron chi connectivity index (χ1n) is 4.71. The van der Waals surface area contributed by atoms with E-state index in [2.05, 4.69) is 15.4 Å². The van der Waals surface area contributed by atoms with Crippen LogP contribution in [0.2, 0.25) is 0 Å². The number of anilines is 1. The largest absolute Gasteiger partial charge is 0.436 e. The molecule has 2 aromatic rings. The molecule has 0 unspecified atom stereocenters. The molecular formula is C10H7F3N4O. The summed E-state index contributed by atoms with van der Waals surface area (Å²) in [6.45, 7) is 0. The van der Waals surface area contributed by atoms with Crippen molar-refractivity contribution in [2.45, 2.75) is 0 Å². The van der Waals surface area contributed by atoms with Crippen LogP contribution in [0.1, 0.15) is 0 Å². The Hall–Kier alpha value is -2.35. The highest BCUT2D eigenvalue weighted by molar-refractivity contribution is 5.32.